The molecule has 0 spiro atoms. The molecule has 0 fully saturated rings. The monoisotopic (exact) mass is 312 g/mol. The van der Waals surface area contributed by atoms with Crippen molar-refractivity contribution in [3.63, 3.8) is 0 Å². The number of nitrogens with one attached hydrogen (secondary N) is 1. The molecular formula is C10H8N4O8. The van der Waals surface area contributed by atoms with E-state index in [2.05, 4.69) is 5.10 Å². The summed E-state index contributed by atoms with van der Waals surface area (Å²) in [6.45, 7) is 0. The number of carboxylic acids is 2. The van der Waals surface area contributed by atoms with E-state index in [0.29, 0.717) is 6.07 Å². The summed E-state index contributed by atoms with van der Waals surface area (Å²) < 4.78 is 0. The summed E-state index contributed by atoms with van der Waals surface area (Å²) in [6.07, 6.45) is -0.914. The Morgan fingerprint density at radius 3 is 2.27 bits per heavy atom. The maximum Gasteiger partial charge on any atom is 0.352 e. The highest BCUT2D eigenvalue weighted by molar-refractivity contribution is 6.38. The Kier molecular flexibility index (Phi) is 5.05. The Hall–Kier alpha value is -3.57. The standard InChI is InChI=1S/C10H8N4O8/c15-9(16)4-7(10(17)18)12-11-6-2-1-5(13(19)20)3-8(6)14(21)22/h1-3,11H,4H2,(H,15,16)(H,17,18). The van der Waals surface area contributed by atoms with E-state index in [1.165, 1.54) is 0 Å². The number of carbonyl (C=O) groups is 2. The zero-order valence-electron chi connectivity index (χ0n) is 10.6. The molecule has 0 amide bonds. The van der Waals surface area contributed by atoms with E-state index in [1.54, 1.807) is 0 Å². The minimum atomic E-state index is -1.63. The fourth-order valence-electron chi connectivity index (χ4n) is 1.31. The fourth-order valence-corrected chi connectivity index (χ4v) is 1.31. The predicted octanol–water partition coefficient (Wildman–Crippen LogP) is 0.830. The first-order valence-electron chi connectivity index (χ1n) is 5.43. The zero-order chi connectivity index (χ0) is 16.9. The highest BCUT2D eigenvalue weighted by Crippen LogP contribution is 2.28. The third-order valence-electron chi connectivity index (χ3n) is 2.27. The van der Waals surface area contributed by atoms with E-state index in [-0.39, 0.29) is 5.69 Å². The molecule has 1 aromatic carbocycles. The van der Waals surface area contributed by atoms with Crippen molar-refractivity contribution in [2.75, 3.05) is 5.43 Å². The van der Waals surface area contributed by atoms with Crippen LogP contribution in [0.4, 0.5) is 17.1 Å². The third-order valence-corrected chi connectivity index (χ3v) is 2.27. The number of non-ortho nitro benzene ring substituents is 1. The van der Waals surface area contributed by atoms with Crippen molar-refractivity contribution < 1.29 is 29.6 Å². The number of anilines is 1. The largest absolute Gasteiger partial charge is 0.481 e. The summed E-state index contributed by atoms with van der Waals surface area (Å²) in [5.41, 5.74) is -0.331. The van der Waals surface area contributed by atoms with Gasteiger partial charge < -0.3 is 10.2 Å². The first-order valence-corrected chi connectivity index (χ1v) is 5.43. The van der Waals surface area contributed by atoms with E-state index >= 15 is 0 Å². The van der Waals surface area contributed by atoms with Gasteiger partial charge in [-0.15, -0.1) is 0 Å². The molecule has 0 bridgehead atoms. The minimum Gasteiger partial charge on any atom is -0.481 e. The van der Waals surface area contributed by atoms with Gasteiger partial charge in [0.05, 0.1) is 22.3 Å². The van der Waals surface area contributed by atoms with Gasteiger partial charge in [0.2, 0.25) is 0 Å². The number of aliphatic carboxylic acids is 2. The van der Waals surface area contributed by atoms with Crippen molar-refractivity contribution in [3.05, 3.63) is 38.4 Å². The number of carboxylic acid groups (broad SMARTS) is 2. The quantitative estimate of drug-likeness (QED) is 0.372. The Balaban J connectivity index is 3.16. The topological polar surface area (TPSA) is 185 Å². The van der Waals surface area contributed by atoms with Crippen molar-refractivity contribution in [3.8, 4) is 0 Å². The molecule has 0 heterocycles. The SMILES string of the molecule is O=C(O)CC(=NNc1ccc([N+](=O)[O-])cc1[N+](=O)[O-])C(=O)O. The lowest BCUT2D eigenvalue weighted by Crippen LogP contribution is -2.19. The lowest BCUT2D eigenvalue weighted by molar-refractivity contribution is -0.393. The molecule has 0 atom stereocenters. The van der Waals surface area contributed by atoms with Crippen LogP contribution in [-0.2, 0) is 9.59 Å². The first-order chi connectivity index (χ1) is 10.2. The molecule has 0 aromatic heterocycles. The molecule has 0 aliphatic heterocycles. The van der Waals surface area contributed by atoms with Crippen molar-refractivity contribution in [2.24, 2.45) is 5.10 Å². The lowest BCUT2D eigenvalue weighted by Gasteiger charge is -2.03. The van der Waals surface area contributed by atoms with Crippen molar-refractivity contribution >= 4 is 34.7 Å². The van der Waals surface area contributed by atoms with Crippen LogP contribution in [0, 0.1) is 20.2 Å². The highest BCUT2D eigenvalue weighted by Gasteiger charge is 2.20. The number of hydrogen-bond donors (Lipinski definition) is 3. The van der Waals surface area contributed by atoms with E-state index in [9.17, 15) is 29.8 Å². The van der Waals surface area contributed by atoms with Gasteiger partial charge in [0.1, 0.15) is 5.69 Å². The van der Waals surface area contributed by atoms with Crippen molar-refractivity contribution in [1.29, 1.82) is 0 Å². The molecule has 0 aliphatic rings. The molecular weight excluding hydrogens is 304 g/mol. The average Bonchev–Trinajstić information content (AvgIpc) is 2.42. The van der Waals surface area contributed by atoms with E-state index in [4.69, 9.17) is 10.2 Å². The van der Waals surface area contributed by atoms with Crippen LogP contribution < -0.4 is 5.43 Å². The summed E-state index contributed by atoms with van der Waals surface area (Å²) in [5.74, 6) is -3.08. The van der Waals surface area contributed by atoms with E-state index in [0.717, 1.165) is 12.1 Å². The number of nitro benzene ring substituents is 2. The van der Waals surface area contributed by atoms with Gasteiger partial charge in [-0.25, -0.2) is 4.79 Å². The van der Waals surface area contributed by atoms with Crippen LogP contribution >= 0.6 is 0 Å². The number of hydrazone groups is 1. The molecule has 3 N–H and O–H groups in total. The summed E-state index contributed by atoms with van der Waals surface area (Å²) in [6, 6.07) is 2.57. The number of benzene rings is 1. The van der Waals surface area contributed by atoms with Gasteiger partial charge in [0, 0.05) is 6.07 Å². The maximum atomic E-state index is 10.8. The lowest BCUT2D eigenvalue weighted by atomic mass is 10.2. The third kappa shape index (κ3) is 4.22. The summed E-state index contributed by atoms with van der Waals surface area (Å²) in [4.78, 5) is 40.9. The summed E-state index contributed by atoms with van der Waals surface area (Å²) in [5, 5.41) is 41.9. The second-order valence-corrected chi connectivity index (χ2v) is 3.76. The molecule has 12 nitrogen and oxygen atoms in total. The minimum absolute atomic E-state index is 0.320. The molecule has 116 valence electrons. The molecule has 12 heteroatoms. The molecule has 0 aliphatic carbocycles. The maximum absolute atomic E-state index is 10.8. The van der Waals surface area contributed by atoms with Gasteiger partial charge >= 0.3 is 17.6 Å². The van der Waals surface area contributed by atoms with Crippen LogP contribution in [0.1, 0.15) is 6.42 Å². The molecule has 0 saturated heterocycles. The van der Waals surface area contributed by atoms with Crippen LogP contribution in [-0.4, -0.2) is 37.7 Å². The normalized spacial score (nSPS) is 10.8. The number of nitrogens with zero attached hydrogens (tertiary/aromatic N) is 3. The van der Waals surface area contributed by atoms with Crippen LogP contribution in [0.5, 0.6) is 0 Å². The zero-order valence-corrected chi connectivity index (χ0v) is 10.6. The second kappa shape index (κ2) is 6.74. The summed E-state index contributed by atoms with van der Waals surface area (Å²) in [7, 11) is 0. The van der Waals surface area contributed by atoms with Gasteiger partial charge in [-0.2, -0.15) is 5.10 Å². The van der Waals surface area contributed by atoms with Gasteiger partial charge in [-0.3, -0.25) is 30.4 Å². The predicted molar refractivity (Wildman–Crippen MR) is 70.7 cm³/mol. The van der Waals surface area contributed by atoms with Crippen LogP contribution in [0.25, 0.3) is 0 Å². The summed E-state index contributed by atoms with van der Waals surface area (Å²) >= 11 is 0. The van der Waals surface area contributed by atoms with Gasteiger partial charge in [0.15, 0.2) is 5.71 Å². The van der Waals surface area contributed by atoms with Crippen LogP contribution in [0.3, 0.4) is 0 Å². The van der Waals surface area contributed by atoms with Gasteiger partial charge in [-0.05, 0) is 6.07 Å². The molecule has 0 saturated carbocycles. The molecule has 0 radical (unpaired) electrons. The Morgan fingerprint density at radius 1 is 1.18 bits per heavy atom. The highest BCUT2D eigenvalue weighted by atomic mass is 16.6. The number of nitro groups is 2. The van der Waals surface area contributed by atoms with Gasteiger partial charge in [0.25, 0.3) is 5.69 Å². The van der Waals surface area contributed by atoms with E-state index < -0.39 is 45.3 Å². The Bertz CT molecular complexity index is 684. The van der Waals surface area contributed by atoms with Crippen LogP contribution in [0.2, 0.25) is 0 Å². The fraction of sp³-hybridized carbons (Fsp3) is 0.100. The second-order valence-electron chi connectivity index (χ2n) is 3.76. The van der Waals surface area contributed by atoms with E-state index in [1.807, 2.05) is 5.43 Å². The molecule has 1 rings (SSSR count). The average molecular weight is 312 g/mol. The Morgan fingerprint density at radius 2 is 1.82 bits per heavy atom. The van der Waals surface area contributed by atoms with Crippen LogP contribution in [0.15, 0.2) is 23.3 Å². The first kappa shape index (κ1) is 16.5. The smallest absolute Gasteiger partial charge is 0.352 e. The molecule has 0 unspecified atom stereocenters. The molecule has 1 aromatic rings. The number of rotatable bonds is 7. The molecule has 22 heavy (non-hydrogen) atoms. The van der Waals surface area contributed by atoms with Crippen molar-refractivity contribution in [1.82, 2.24) is 0 Å². The number of hydrogen-bond acceptors (Lipinski definition) is 8. The Labute approximate surface area is 121 Å². The van der Waals surface area contributed by atoms with Gasteiger partial charge in [-0.1, -0.05) is 0 Å². The van der Waals surface area contributed by atoms with Crippen molar-refractivity contribution in [2.45, 2.75) is 6.42 Å².